The van der Waals surface area contributed by atoms with Gasteiger partial charge in [-0.3, -0.25) is 0 Å². The summed E-state index contributed by atoms with van der Waals surface area (Å²) in [6, 6.07) is 1.16. The lowest BCUT2D eigenvalue weighted by Gasteiger charge is -2.14. The number of aromatic hydroxyl groups is 1. The molecule has 0 saturated carbocycles. The van der Waals surface area contributed by atoms with E-state index in [1.54, 1.807) is 26.0 Å². The quantitative estimate of drug-likeness (QED) is 0.607. The zero-order valence-electron chi connectivity index (χ0n) is 17.7. The van der Waals surface area contributed by atoms with E-state index in [0.29, 0.717) is 17.7 Å². The molecule has 5 nitrogen and oxygen atoms in total. The summed E-state index contributed by atoms with van der Waals surface area (Å²) < 4.78 is 43.7. The van der Waals surface area contributed by atoms with Crippen LogP contribution in [0.4, 0.5) is 10.5 Å². The number of rotatable bonds is 6. The van der Waals surface area contributed by atoms with Gasteiger partial charge in [-0.15, -0.1) is 0 Å². The van der Waals surface area contributed by atoms with E-state index in [9.17, 15) is 9.90 Å². The Kier molecular flexibility index (Phi) is 3.58. The van der Waals surface area contributed by atoms with E-state index in [1.807, 2.05) is 0 Å². The zero-order chi connectivity index (χ0) is 20.1. The Hall–Kier alpha value is -1.75. The molecule has 0 aliphatic heterocycles. The molecule has 1 rings (SSSR count). The summed E-state index contributed by atoms with van der Waals surface area (Å²) in [5.74, 6) is 0.0791. The van der Waals surface area contributed by atoms with Crippen molar-refractivity contribution in [1.82, 2.24) is 10.6 Å². The van der Waals surface area contributed by atoms with E-state index in [4.69, 9.17) is 8.22 Å². The minimum Gasteiger partial charge on any atom is -0.508 e. The molecule has 0 unspecified atom stereocenters. The number of phenols is 1. The lowest BCUT2D eigenvalue weighted by molar-refractivity contribution is 0.252. The molecule has 0 aromatic heterocycles. The maximum absolute atomic E-state index is 11.9. The van der Waals surface area contributed by atoms with Gasteiger partial charge in [-0.2, -0.15) is 0 Å². The summed E-state index contributed by atoms with van der Waals surface area (Å²) in [6.45, 7) is -1.43. The molecule has 1 aromatic carbocycles. The fourth-order valence-electron chi connectivity index (χ4n) is 1.72. The van der Waals surface area contributed by atoms with Crippen molar-refractivity contribution in [3.63, 3.8) is 0 Å². The second-order valence-corrected chi connectivity index (χ2v) is 4.52. The SMILES string of the molecule is [2H]C([2H])([2H])C(NCCCNC(=O)Nc1c(C)ccc(O)c1C)C([2H])([2H])[2H]. The normalized spacial score (nSPS) is 16.4. The second-order valence-electron chi connectivity index (χ2n) is 4.52. The van der Waals surface area contributed by atoms with Crippen molar-refractivity contribution >= 4 is 11.7 Å². The molecule has 0 fully saturated rings. The highest BCUT2D eigenvalue weighted by Crippen LogP contribution is 2.27. The number of hydrogen-bond acceptors (Lipinski definition) is 3. The third-order valence-corrected chi connectivity index (χ3v) is 2.87. The molecule has 0 atom stereocenters. The van der Waals surface area contributed by atoms with Crippen LogP contribution in [0.3, 0.4) is 0 Å². The summed E-state index contributed by atoms with van der Waals surface area (Å²) in [4.78, 5) is 11.9. The number of anilines is 1. The Balaban J connectivity index is 2.45. The highest BCUT2D eigenvalue weighted by molar-refractivity contribution is 5.91. The number of amides is 2. The van der Waals surface area contributed by atoms with Gasteiger partial charge in [0, 0.05) is 26.4 Å². The average molecular weight is 285 g/mol. The minimum absolute atomic E-state index is 0.0791. The Bertz CT molecular complexity index is 617. The van der Waals surface area contributed by atoms with Crippen LogP contribution in [0, 0.1) is 13.8 Å². The van der Waals surface area contributed by atoms with E-state index >= 15 is 0 Å². The summed E-state index contributed by atoms with van der Waals surface area (Å²) >= 11 is 0. The van der Waals surface area contributed by atoms with Crippen LogP contribution in [-0.4, -0.2) is 30.3 Å². The van der Waals surface area contributed by atoms with Gasteiger partial charge in [0.25, 0.3) is 0 Å². The first kappa shape index (κ1) is 9.23. The molecule has 0 aliphatic carbocycles. The second kappa shape index (κ2) is 7.75. The highest BCUT2D eigenvalue weighted by Gasteiger charge is 2.09. The molecule has 1 aromatic rings. The van der Waals surface area contributed by atoms with Crippen LogP contribution in [0.5, 0.6) is 5.75 Å². The molecule has 0 bridgehead atoms. The van der Waals surface area contributed by atoms with Crippen molar-refractivity contribution in [3.05, 3.63) is 23.3 Å². The molecule has 2 amide bonds. The van der Waals surface area contributed by atoms with Crippen LogP contribution < -0.4 is 16.0 Å². The van der Waals surface area contributed by atoms with Crippen LogP contribution in [0.1, 0.15) is 39.5 Å². The van der Waals surface area contributed by atoms with Gasteiger partial charge in [-0.1, -0.05) is 19.8 Å². The number of carbonyl (C=O) groups is 1. The number of aryl methyl sites for hydroxylation is 1. The van der Waals surface area contributed by atoms with E-state index in [2.05, 4.69) is 16.0 Å². The summed E-state index contributed by atoms with van der Waals surface area (Å²) in [5.41, 5.74) is 1.88. The van der Waals surface area contributed by atoms with Gasteiger partial charge >= 0.3 is 6.03 Å². The molecule has 0 aliphatic rings. The molecule has 5 heteroatoms. The lowest BCUT2D eigenvalue weighted by Crippen LogP contribution is -2.32. The van der Waals surface area contributed by atoms with Crippen molar-refractivity contribution in [1.29, 1.82) is 0 Å². The molecule has 20 heavy (non-hydrogen) atoms. The Morgan fingerprint density at radius 3 is 2.80 bits per heavy atom. The van der Waals surface area contributed by atoms with E-state index in [1.165, 1.54) is 0 Å². The van der Waals surface area contributed by atoms with E-state index in [0.717, 1.165) is 5.56 Å². The van der Waals surface area contributed by atoms with Crippen molar-refractivity contribution in [2.75, 3.05) is 18.4 Å². The maximum Gasteiger partial charge on any atom is 0.319 e. The predicted molar refractivity (Wildman–Crippen MR) is 82.4 cm³/mol. The number of benzene rings is 1. The highest BCUT2D eigenvalue weighted by atomic mass is 16.3. The summed E-state index contributed by atoms with van der Waals surface area (Å²) in [6.07, 6.45) is 0.355. The number of nitrogens with one attached hydrogen (secondary N) is 3. The van der Waals surface area contributed by atoms with Crippen LogP contribution in [-0.2, 0) is 0 Å². The van der Waals surface area contributed by atoms with Gasteiger partial charge in [0.15, 0.2) is 0 Å². The van der Waals surface area contributed by atoms with Crippen LogP contribution in [0.2, 0.25) is 0 Å². The number of urea groups is 1. The van der Waals surface area contributed by atoms with Crippen molar-refractivity contribution in [3.8, 4) is 5.75 Å². The first-order valence-corrected chi connectivity index (χ1v) is 6.41. The van der Waals surface area contributed by atoms with Gasteiger partial charge in [0.2, 0.25) is 0 Å². The molecular weight excluding hydrogens is 254 g/mol. The third kappa shape index (κ3) is 5.09. The Morgan fingerprint density at radius 2 is 2.10 bits per heavy atom. The van der Waals surface area contributed by atoms with Gasteiger partial charge in [0.05, 0.1) is 5.69 Å². The van der Waals surface area contributed by atoms with Gasteiger partial charge in [-0.25, -0.2) is 4.79 Å². The summed E-state index contributed by atoms with van der Waals surface area (Å²) in [5, 5.41) is 17.5. The average Bonchev–Trinajstić information content (AvgIpc) is 2.48. The first-order chi connectivity index (χ1) is 11.8. The topological polar surface area (TPSA) is 73.4 Å². The van der Waals surface area contributed by atoms with Crippen LogP contribution in [0.25, 0.3) is 0 Å². The number of hydrogen-bond donors (Lipinski definition) is 4. The molecule has 0 saturated heterocycles. The van der Waals surface area contributed by atoms with E-state index < -0.39 is 25.8 Å². The van der Waals surface area contributed by atoms with Gasteiger partial charge < -0.3 is 21.1 Å². The maximum atomic E-state index is 11.9. The molecule has 4 N–H and O–H groups in total. The third-order valence-electron chi connectivity index (χ3n) is 2.87. The smallest absolute Gasteiger partial charge is 0.319 e. The molecule has 0 heterocycles. The van der Waals surface area contributed by atoms with E-state index in [-0.39, 0.29) is 18.8 Å². The largest absolute Gasteiger partial charge is 0.508 e. The molecular formula is C15H25N3O2. The number of carbonyl (C=O) groups excluding carboxylic acids is 1. The Morgan fingerprint density at radius 1 is 1.35 bits per heavy atom. The zero-order valence-corrected chi connectivity index (χ0v) is 11.7. The molecule has 0 spiro atoms. The van der Waals surface area contributed by atoms with Crippen LogP contribution in [0.15, 0.2) is 12.1 Å². The summed E-state index contributed by atoms with van der Waals surface area (Å²) in [7, 11) is 0. The molecule has 112 valence electrons. The van der Waals surface area contributed by atoms with Crippen molar-refractivity contribution < 1.29 is 18.1 Å². The first-order valence-electron chi connectivity index (χ1n) is 9.41. The predicted octanol–water partition coefficient (Wildman–Crippen LogP) is 2.52. The Labute approximate surface area is 129 Å². The van der Waals surface area contributed by atoms with Gasteiger partial charge in [-0.05, 0) is 38.4 Å². The number of phenolic OH excluding ortho intramolecular Hbond substituents is 1. The lowest BCUT2D eigenvalue weighted by atomic mass is 10.1. The van der Waals surface area contributed by atoms with Crippen molar-refractivity contribution in [2.24, 2.45) is 0 Å². The minimum atomic E-state index is -2.64. The van der Waals surface area contributed by atoms with Gasteiger partial charge in [0.1, 0.15) is 5.75 Å². The van der Waals surface area contributed by atoms with Crippen molar-refractivity contribution in [2.45, 2.75) is 40.0 Å². The monoisotopic (exact) mass is 285 g/mol. The fraction of sp³-hybridized carbons (Fsp3) is 0.533. The fourth-order valence-corrected chi connectivity index (χ4v) is 1.72. The van der Waals surface area contributed by atoms with Crippen LogP contribution >= 0.6 is 0 Å². The standard InChI is InChI=1S/C15H25N3O2/c1-10(2)16-8-5-9-17-15(20)18-14-11(3)6-7-13(19)12(14)4/h6-7,10,16,19H,5,8-9H2,1-4H3,(H2,17,18,20)/i1D3,2D3. The molecule has 0 radical (unpaired) electrons.